The van der Waals surface area contributed by atoms with E-state index in [0.29, 0.717) is 22.2 Å². The summed E-state index contributed by atoms with van der Waals surface area (Å²) in [6, 6.07) is 3.29. The number of methoxy groups -OCH3 is 2. The van der Waals surface area contributed by atoms with Crippen LogP contribution in [-0.2, 0) is 0 Å². The third-order valence-corrected chi connectivity index (χ3v) is 3.96. The number of carbonyl (C=O) groups is 1. The Morgan fingerprint density at radius 2 is 1.81 bits per heavy atom. The van der Waals surface area contributed by atoms with E-state index >= 15 is 0 Å². The summed E-state index contributed by atoms with van der Waals surface area (Å²) in [6.07, 6.45) is 5.66. The number of benzene rings is 1. The first-order valence-corrected chi connectivity index (χ1v) is 7.51. The van der Waals surface area contributed by atoms with Crippen molar-refractivity contribution in [1.82, 2.24) is 5.32 Å². The van der Waals surface area contributed by atoms with Crippen molar-refractivity contribution in [2.75, 3.05) is 19.5 Å². The third kappa shape index (κ3) is 4.17. The van der Waals surface area contributed by atoms with Crippen molar-refractivity contribution in [2.24, 2.45) is 0 Å². The fraction of sp³-hybridized carbons (Fsp3) is 0.533. The van der Waals surface area contributed by atoms with Gasteiger partial charge >= 0.3 is 6.03 Å². The lowest BCUT2D eigenvalue weighted by Crippen LogP contribution is -2.39. The first-order valence-electron chi connectivity index (χ1n) is 7.13. The molecule has 116 valence electrons. The molecule has 5 nitrogen and oxygen atoms in total. The molecule has 1 aliphatic rings. The number of halogens is 1. The third-order valence-electron chi connectivity index (χ3n) is 3.66. The molecule has 1 saturated carbocycles. The van der Waals surface area contributed by atoms with Crippen molar-refractivity contribution >= 4 is 23.3 Å². The molecule has 0 heterocycles. The van der Waals surface area contributed by atoms with Gasteiger partial charge in [0.05, 0.1) is 24.9 Å². The smallest absolute Gasteiger partial charge is 0.319 e. The van der Waals surface area contributed by atoms with Gasteiger partial charge in [-0.25, -0.2) is 4.79 Å². The van der Waals surface area contributed by atoms with Gasteiger partial charge in [-0.3, -0.25) is 0 Å². The van der Waals surface area contributed by atoms with E-state index in [1.54, 1.807) is 12.1 Å². The molecule has 2 rings (SSSR count). The SMILES string of the molecule is COc1cc(NC(=O)NC2CCCCC2)c(OC)cc1Cl. The van der Waals surface area contributed by atoms with Crippen LogP contribution in [0.5, 0.6) is 11.5 Å². The van der Waals surface area contributed by atoms with Crippen LogP contribution in [0.4, 0.5) is 10.5 Å². The maximum Gasteiger partial charge on any atom is 0.319 e. The number of anilines is 1. The van der Waals surface area contributed by atoms with Crippen molar-refractivity contribution in [3.05, 3.63) is 17.2 Å². The lowest BCUT2D eigenvalue weighted by atomic mass is 9.96. The van der Waals surface area contributed by atoms with E-state index in [0.717, 1.165) is 12.8 Å². The second kappa shape index (κ2) is 7.41. The Labute approximate surface area is 130 Å². The van der Waals surface area contributed by atoms with Crippen LogP contribution in [0.2, 0.25) is 5.02 Å². The summed E-state index contributed by atoms with van der Waals surface area (Å²) in [5, 5.41) is 6.23. The average Bonchev–Trinajstić information content (AvgIpc) is 2.49. The van der Waals surface area contributed by atoms with Crippen molar-refractivity contribution in [3.8, 4) is 11.5 Å². The molecule has 0 aliphatic heterocycles. The van der Waals surface area contributed by atoms with Crippen LogP contribution in [0.3, 0.4) is 0 Å². The van der Waals surface area contributed by atoms with Crippen molar-refractivity contribution < 1.29 is 14.3 Å². The van der Waals surface area contributed by atoms with Crippen molar-refractivity contribution in [1.29, 1.82) is 0 Å². The van der Waals surface area contributed by atoms with E-state index in [1.807, 2.05) is 0 Å². The van der Waals surface area contributed by atoms with Gasteiger partial charge in [0.15, 0.2) is 0 Å². The van der Waals surface area contributed by atoms with Gasteiger partial charge in [0.1, 0.15) is 11.5 Å². The Morgan fingerprint density at radius 3 is 2.43 bits per heavy atom. The second-order valence-corrected chi connectivity index (χ2v) is 5.53. The molecule has 0 radical (unpaired) electrons. The number of hydrogen-bond acceptors (Lipinski definition) is 3. The summed E-state index contributed by atoms with van der Waals surface area (Å²) in [6.45, 7) is 0. The van der Waals surface area contributed by atoms with E-state index in [2.05, 4.69) is 10.6 Å². The molecule has 2 amide bonds. The van der Waals surface area contributed by atoms with Crippen LogP contribution in [0.1, 0.15) is 32.1 Å². The molecule has 1 aromatic rings. The number of hydrogen-bond donors (Lipinski definition) is 2. The molecule has 1 fully saturated rings. The molecule has 6 heteroatoms. The second-order valence-electron chi connectivity index (χ2n) is 5.12. The largest absolute Gasteiger partial charge is 0.495 e. The zero-order chi connectivity index (χ0) is 15.2. The highest BCUT2D eigenvalue weighted by Crippen LogP contribution is 2.35. The number of ether oxygens (including phenoxy) is 2. The van der Waals surface area contributed by atoms with E-state index in [4.69, 9.17) is 21.1 Å². The number of amides is 2. The maximum absolute atomic E-state index is 12.1. The summed E-state index contributed by atoms with van der Waals surface area (Å²) in [7, 11) is 3.06. The number of carbonyl (C=O) groups excluding carboxylic acids is 1. The molecule has 0 atom stereocenters. The summed E-state index contributed by atoms with van der Waals surface area (Å²) in [5.74, 6) is 0.991. The Kier molecular flexibility index (Phi) is 5.56. The zero-order valence-corrected chi connectivity index (χ0v) is 13.1. The number of nitrogens with one attached hydrogen (secondary N) is 2. The van der Waals surface area contributed by atoms with Crippen molar-refractivity contribution in [2.45, 2.75) is 38.1 Å². The fourth-order valence-electron chi connectivity index (χ4n) is 2.55. The van der Waals surface area contributed by atoms with Gasteiger partial charge in [-0.05, 0) is 12.8 Å². The van der Waals surface area contributed by atoms with Crippen LogP contribution in [0.15, 0.2) is 12.1 Å². The van der Waals surface area contributed by atoms with E-state index < -0.39 is 0 Å². The van der Waals surface area contributed by atoms with Crippen LogP contribution in [0.25, 0.3) is 0 Å². The van der Waals surface area contributed by atoms with Crippen LogP contribution in [-0.4, -0.2) is 26.3 Å². The minimum absolute atomic E-state index is 0.232. The summed E-state index contributed by atoms with van der Waals surface area (Å²) < 4.78 is 10.4. The van der Waals surface area contributed by atoms with Gasteiger partial charge in [-0.1, -0.05) is 30.9 Å². The van der Waals surface area contributed by atoms with Crippen LogP contribution >= 0.6 is 11.6 Å². The molecular formula is C15H21ClN2O3. The van der Waals surface area contributed by atoms with Gasteiger partial charge in [0.25, 0.3) is 0 Å². The van der Waals surface area contributed by atoms with E-state index in [9.17, 15) is 4.79 Å². The first-order chi connectivity index (χ1) is 10.1. The Hall–Kier alpha value is -1.62. The standard InChI is InChI=1S/C15H21ClN2O3/c1-20-13-9-12(14(21-2)8-11(13)16)18-15(19)17-10-6-4-3-5-7-10/h8-10H,3-7H2,1-2H3,(H2,17,18,19). The molecule has 2 N–H and O–H groups in total. The predicted molar refractivity (Wildman–Crippen MR) is 83.6 cm³/mol. The van der Waals surface area contributed by atoms with Gasteiger partial charge in [0, 0.05) is 18.2 Å². The van der Waals surface area contributed by atoms with Crippen molar-refractivity contribution in [3.63, 3.8) is 0 Å². The first kappa shape index (κ1) is 15.8. The molecule has 0 spiro atoms. The minimum atomic E-state index is -0.232. The fourth-order valence-corrected chi connectivity index (χ4v) is 2.78. The summed E-state index contributed by atoms with van der Waals surface area (Å²) in [4.78, 5) is 12.1. The topological polar surface area (TPSA) is 59.6 Å². The molecule has 0 unspecified atom stereocenters. The minimum Gasteiger partial charge on any atom is -0.495 e. The molecule has 0 saturated heterocycles. The molecule has 21 heavy (non-hydrogen) atoms. The van der Waals surface area contributed by atoms with Gasteiger partial charge < -0.3 is 20.1 Å². The number of rotatable bonds is 4. The summed E-state index contributed by atoms with van der Waals surface area (Å²) in [5.41, 5.74) is 0.534. The Bertz CT molecular complexity index is 502. The molecule has 1 aliphatic carbocycles. The number of urea groups is 1. The normalized spacial score (nSPS) is 15.4. The molecule has 0 aromatic heterocycles. The van der Waals surface area contributed by atoms with Crippen LogP contribution < -0.4 is 20.1 Å². The Morgan fingerprint density at radius 1 is 1.14 bits per heavy atom. The zero-order valence-electron chi connectivity index (χ0n) is 12.4. The lowest BCUT2D eigenvalue weighted by molar-refractivity contribution is 0.244. The van der Waals surface area contributed by atoms with E-state index in [1.165, 1.54) is 33.5 Å². The van der Waals surface area contributed by atoms with Gasteiger partial charge in [0.2, 0.25) is 0 Å². The van der Waals surface area contributed by atoms with Crippen LogP contribution in [0, 0.1) is 0 Å². The quantitative estimate of drug-likeness (QED) is 0.888. The molecule has 1 aromatic carbocycles. The molecular weight excluding hydrogens is 292 g/mol. The maximum atomic E-state index is 12.1. The highest BCUT2D eigenvalue weighted by atomic mass is 35.5. The highest BCUT2D eigenvalue weighted by Gasteiger charge is 2.17. The highest BCUT2D eigenvalue weighted by molar-refractivity contribution is 6.32. The summed E-state index contributed by atoms with van der Waals surface area (Å²) >= 11 is 6.04. The lowest BCUT2D eigenvalue weighted by Gasteiger charge is -2.23. The Balaban J connectivity index is 2.05. The monoisotopic (exact) mass is 312 g/mol. The predicted octanol–water partition coefficient (Wildman–Crippen LogP) is 3.81. The van der Waals surface area contributed by atoms with Gasteiger partial charge in [-0.2, -0.15) is 0 Å². The van der Waals surface area contributed by atoms with E-state index in [-0.39, 0.29) is 12.1 Å². The molecule has 0 bridgehead atoms. The average molecular weight is 313 g/mol. The van der Waals surface area contributed by atoms with Gasteiger partial charge in [-0.15, -0.1) is 0 Å².